The van der Waals surface area contributed by atoms with Crippen molar-refractivity contribution in [3.05, 3.63) is 11.6 Å². The van der Waals surface area contributed by atoms with Crippen molar-refractivity contribution in [2.45, 2.75) is 13.8 Å². The van der Waals surface area contributed by atoms with Crippen LogP contribution in [-0.2, 0) is 0 Å². The molecule has 0 aromatic heterocycles. The largest absolute Gasteiger partial charge is 0.289 e. The van der Waals surface area contributed by atoms with Crippen molar-refractivity contribution in [3.63, 3.8) is 0 Å². The molecule has 0 amide bonds. The van der Waals surface area contributed by atoms with Crippen LogP contribution in [-0.4, -0.2) is 12.8 Å². The SMILES string of the molecule is CC(C)C1=CCN=C1. The van der Waals surface area contributed by atoms with Crippen LogP contribution in [0.25, 0.3) is 0 Å². The molecule has 0 aliphatic carbocycles. The highest BCUT2D eigenvalue weighted by atomic mass is 14.7. The van der Waals surface area contributed by atoms with E-state index in [0.717, 1.165) is 6.54 Å². The van der Waals surface area contributed by atoms with Gasteiger partial charge in [-0.3, -0.25) is 4.99 Å². The topological polar surface area (TPSA) is 12.4 Å². The average molecular weight is 109 g/mol. The summed E-state index contributed by atoms with van der Waals surface area (Å²) in [5.41, 5.74) is 1.38. The molecule has 1 aliphatic rings. The molecule has 0 atom stereocenters. The molecule has 0 N–H and O–H groups in total. The molecule has 1 nitrogen and oxygen atoms in total. The van der Waals surface area contributed by atoms with Crippen molar-refractivity contribution in [3.8, 4) is 0 Å². The summed E-state index contributed by atoms with van der Waals surface area (Å²) in [6.07, 6.45) is 4.13. The third-order valence-corrected chi connectivity index (χ3v) is 1.34. The first-order chi connectivity index (χ1) is 3.80. The van der Waals surface area contributed by atoms with Crippen LogP contribution in [0.4, 0.5) is 0 Å². The van der Waals surface area contributed by atoms with Crippen LogP contribution in [0.2, 0.25) is 0 Å². The van der Waals surface area contributed by atoms with Crippen molar-refractivity contribution in [1.29, 1.82) is 0 Å². The van der Waals surface area contributed by atoms with Gasteiger partial charge < -0.3 is 0 Å². The van der Waals surface area contributed by atoms with Crippen LogP contribution in [0.15, 0.2) is 16.6 Å². The number of nitrogens with zero attached hydrogens (tertiary/aromatic N) is 1. The average Bonchev–Trinajstić information content (AvgIpc) is 2.12. The Labute approximate surface area is 50.1 Å². The van der Waals surface area contributed by atoms with Crippen LogP contribution in [0.3, 0.4) is 0 Å². The van der Waals surface area contributed by atoms with E-state index in [1.807, 2.05) is 6.21 Å². The lowest BCUT2D eigenvalue weighted by Crippen LogP contribution is -1.90. The molecule has 0 spiro atoms. The second-order valence-corrected chi connectivity index (χ2v) is 2.35. The number of aliphatic imine (C=N–C) groups is 1. The van der Waals surface area contributed by atoms with Gasteiger partial charge in [-0.15, -0.1) is 0 Å². The van der Waals surface area contributed by atoms with Crippen molar-refractivity contribution in [2.24, 2.45) is 10.9 Å². The smallest absolute Gasteiger partial charge is 0.0576 e. The zero-order valence-corrected chi connectivity index (χ0v) is 5.39. The Balaban J connectivity index is 2.58. The summed E-state index contributed by atoms with van der Waals surface area (Å²) >= 11 is 0. The molecule has 1 rings (SSSR count). The summed E-state index contributed by atoms with van der Waals surface area (Å²) < 4.78 is 0. The van der Waals surface area contributed by atoms with Gasteiger partial charge in [0, 0.05) is 6.21 Å². The summed E-state index contributed by atoms with van der Waals surface area (Å²) in [7, 11) is 0. The first kappa shape index (κ1) is 5.54. The molecular weight excluding hydrogens is 98.1 g/mol. The standard InChI is InChI=1S/C7H11N/c1-6(2)7-3-4-8-5-7/h3,5-6H,4H2,1-2H3. The maximum absolute atomic E-state index is 4.07. The highest BCUT2D eigenvalue weighted by Crippen LogP contribution is 2.09. The molecule has 1 aliphatic heterocycles. The molecule has 0 aromatic rings. The minimum atomic E-state index is 0.654. The van der Waals surface area contributed by atoms with Crippen molar-refractivity contribution >= 4 is 6.21 Å². The molecule has 8 heavy (non-hydrogen) atoms. The molecule has 0 fully saturated rings. The van der Waals surface area contributed by atoms with E-state index in [4.69, 9.17) is 0 Å². The van der Waals surface area contributed by atoms with Gasteiger partial charge in [-0.25, -0.2) is 0 Å². The molecule has 0 aromatic carbocycles. The van der Waals surface area contributed by atoms with Crippen LogP contribution in [0.1, 0.15) is 13.8 Å². The lowest BCUT2D eigenvalue weighted by molar-refractivity contribution is 0.808. The van der Waals surface area contributed by atoms with Crippen molar-refractivity contribution in [1.82, 2.24) is 0 Å². The Morgan fingerprint density at radius 1 is 1.62 bits per heavy atom. The molecule has 0 unspecified atom stereocenters. The van der Waals surface area contributed by atoms with Gasteiger partial charge in [0.2, 0.25) is 0 Å². The zero-order valence-electron chi connectivity index (χ0n) is 5.39. The predicted molar refractivity (Wildman–Crippen MR) is 36.3 cm³/mol. The van der Waals surface area contributed by atoms with E-state index in [9.17, 15) is 0 Å². The minimum Gasteiger partial charge on any atom is -0.289 e. The minimum absolute atomic E-state index is 0.654. The monoisotopic (exact) mass is 109 g/mol. The van der Waals surface area contributed by atoms with E-state index in [-0.39, 0.29) is 0 Å². The Morgan fingerprint density at radius 3 is 2.62 bits per heavy atom. The van der Waals surface area contributed by atoms with E-state index < -0.39 is 0 Å². The zero-order chi connectivity index (χ0) is 5.98. The third kappa shape index (κ3) is 0.971. The van der Waals surface area contributed by atoms with Crippen molar-refractivity contribution < 1.29 is 0 Å². The molecule has 0 saturated carbocycles. The molecule has 1 heterocycles. The first-order valence-electron chi connectivity index (χ1n) is 3.00. The first-order valence-corrected chi connectivity index (χ1v) is 3.00. The lowest BCUT2D eigenvalue weighted by atomic mass is 10.1. The lowest BCUT2D eigenvalue weighted by Gasteiger charge is -1.98. The molecular formula is C7H11N. The summed E-state index contributed by atoms with van der Waals surface area (Å²) in [6.45, 7) is 5.26. The van der Waals surface area contributed by atoms with Gasteiger partial charge >= 0.3 is 0 Å². The fourth-order valence-corrected chi connectivity index (χ4v) is 0.754. The molecule has 1 heteroatoms. The Morgan fingerprint density at radius 2 is 2.38 bits per heavy atom. The fraction of sp³-hybridized carbons (Fsp3) is 0.571. The predicted octanol–water partition coefficient (Wildman–Crippen LogP) is 1.65. The highest BCUT2D eigenvalue weighted by Gasteiger charge is 2.01. The van der Waals surface area contributed by atoms with E-state index in [0.29, 0.717) is 5.92 Å². The highest BCUT2D eigenvalue weighted by molar-refractivity contribution is 5.81. The summed E-state index contributed by atoms with van der Waals surface area (Å²) in [5, 5.41) is 0. The van der Waals surface area contributed by atoms with E-state index in [1.54, 1.807) is 0 Å². The van der Waals surface area contributed by atoms with Crippen LogP contribution in [0, 0.1) is 5.92 Å². The number of rotatable bonds is 1. The maximum atomic E-state index is 4.07. The third-order valence-electron chi connectivity index (χ3n) is 1.34. The van der Waals surface area contributed by atoms with Gasteiger partial charge in [-0.1, -0.05) is 19.9 Å². The van der Waals surface area contributed by atoms with Gasteiger partial charge in [0.15, 0.2) is 0 Å². The van der Waals surface area contributed by atoms with E-state index >= 15 is 0 Å². The van der Waals surface area contributed by atoms with E-state index in [1.165, 1.54) is 5.57 Å². The number of allylic oxidation sites excluding steroid dienone is 1. The maximum Gasteiger partial charge on any atom is 0.0576 e. The Kier molecular flexibility index (Phi) is 1.47. The molecule has 0 radical (unpaired) electrons. The van der Waals surface area contributed by atoms with Gasteiger partial charge in [0.1, 0.15) is 0 Å². The van der Waals surface area contributed by atoms with Gasteiger partial charge in [0.25, 0.3) is 0 Å². The Hall–Kier alpha value is -0.590. The quantitative estimate of drug-likeness (QED) is 0.485. The normalized spacial score (nSPS) is 17.6. The second kappa shape index (κ2) is 2.12. The fourth-order valence-electron chi connectivity index (χ4n) is 0.754. The van der Waals surface area contributed by atoms with Gasteiger partial charge in [-0.05, 0) is 11.5 Å². The summed E-state index contributed by atoms with van der Waals surface area (Å²) in [5.74, 6) is 0.654. The van der Waals surface area contributed by atoms with Crippen LogP contribution < -0.4 is 0 Å². The number of hydrogen-bond acceptors (Lipinski definition) is 1. The number of hydrogen-bond donors (Lipinski definition) is 0. The van der Waals surface area contributed by atoms with E-state index in [2.05, 4.69) is 24.9 Å². The molecule has 0 bridgehead atoms. The molecule has 0 saturated heterocycles. The second-order valence-electron chi connectivity index (χ2n) is 2.35. The molecule has 44 valence electrons. The van der Waals surface area contributed by atoms with Gasteiger partial charge in [0.05, 0.1) is 6.54 Å². The van der Waals surface area contributed by atoms with Crippen LogP contribution >= 0.6 is 0 Å². The Bertz CT molecular complexity index is 131. The van der Waals surface area contributed by atoms with Crippen LogP contribution in [0.5, 0.6) is 0 Å². The van der Waals surface area contributed by atoms with Crippen molar-refractivity contribution in [2.75, 3.05) is 6.54 Å². The summed E-state index contributed by atoms with van der Waals surface area (Å²) in [4.78, 5) is 4.07. The van der Waals surface area contributed by atoms with Gasteiger partial charge in [-0.2, -0.15) is 0 Å². The summed E-state index contributed by atoms with van der Waals surface area (Å²) in [6, 6.07) is 0.